The molecule has 0 aromatic heterocycles. The summed E-state index contributed by atoms with van der Waals surface area (Å²) in [5.41, 5.74) is 2.23. The lowest BCUT2D eigenvalue weighted by Crippen LogP contribution is -1.91. The highest BCUT2D eigenvalue weighted by Crippen LogP contribution is 2.30. The Labute approximate surface area is 96.9 Å². The van der Waals surface area contributed by atoms with Gasteiger partial charge in [-0.2, -0.15) is 0 Å². The van der Waals surface area contributed by atoms with Crippen LogP contribution in [0.4, 0.5) is 4.39 Å². The summed E-state index contributed by atoms with van der Waals surface area (Å²) in [6.07, 6.45) is 0. The Morgan fingerprint density at radius 3 is 1.93 bits per heavy atom. The normalized spacial score (nSPS) is 12.4. The zero-order valence-electron chi connectivity index (χ0n) is 8.03. The van der Waals surface area contributed by atoms with E-state index in [1.807, 2.05) is 30.3 Å². The minimum absolute atomic E-state index is 0.124. The molecule has 0 aliphatic rings. The Bertz CT molecular complexity index is 422. The molecule has 0 heterocycles. The topological polar surface area (TPSA) is 0 Å². The summed E-state index contributed by atoms with van der Waals surface area (Å²) in [7, 11) is 0. The average Bonchev–Trinajstić information content (AvgIpc) is 2.30. The van der Waals surface area contributed by atoms with Gasteiger partial charge in [-0.25, -0.2) is 4.39 Å². The zero-order chi connectivity index (χ0) is 10.7. The lowest BCUT2D eigenvalue weighted by molar-refractivity contribution is 0.627. The van der Waals surface area contributed by atoms with Gasteiger partial charge in [0.05, 0.1) is 4.83 Å². The highest BCUT2D eigenvalue weighted by Gasteiger charge is 2.08. The minimum atomic E-state index is -0.202. The molecule has 0 fully saturated rings. The quantitative estimate of drug-likeness (QED) is 0.710. The van der Waals surface area contributed by atoms with Gasteiger partial charge in [0.25, 0.3) is 0 Å². The Hall–Kier alpha value is -1.15. The Kier molecular flexibility index (Phi) is 3.17. The highest BCUT2D eigenvalue weighted by molar-refractivity contribution is 9.09. The molecule has 0 saturated heterocycles. The van der Waals surface area contributed by atoms with Crippen LogP contribution >= 0.6 is 15.9 Å². The molecule has 0 saturated carbocycles. The molecule has 1 atom stereocenters. The summed E-state index contributed by atoms with van der Waals surface area (Å²) in [6.45, 7) is 0. The predicted molar refractivity (Wildman–Crippen MR) is 63.6 cm³/mol. The Morgan fingerprint density at radius 2 is 1.33 bits per heavy atom. The summed E-state index contributed by atoms with van der Waals surface area (Å²) >= 11 is 3.60. The molecular formula is C13H10BrF. The van der Waals surface area contributed by atoms with Crippen LogP contribution < -0.4 is 0 Å². The van der Waals surface area contributed by atoms with Crippen molar-refractivity contribution in [3.8, 4) is 0 Å². The van der Waals surface area contributed by atoms with Crippen LogP contribution in [0.2, 0.25) is 0 Å². The minimum Gasteiger partial charge on any atom is -0.207 e. The summed E-state index contributed by atoms with van der Waals surface area (Å²) < 4.78 is 12.7. The molecule has 2 rings (SSSR count). The van der Waals surface area contributed by atoms with Gasteiger partial charge < -0.3 is 0 Å². The van der Waals surface area contributed by atoms with E-state index in [2.05, 4.69) is 15.9 Å². The molecule has 0 aliphatic heterocycles. The molecule has 0 aliphatic carbocycles. The van der Waals surface area contributed by atoms with Gasteiger partial charge >= 0.3 is 0 Å². The van der Waals surface area contributed by atoms with E-state index in [0.717, 1.165) is 5.56 Å². The van der Waals surface area contributed by atoms with Gasteiger partial charge in [0.15, 0.2) is 0 Å². The fourth-order valence-corrected chi connectivity index (χ4v) is 2.06. The average molecular weight is 265 g/mol. The molecule has 0 unspecified atom stereocenters. The van der Waals surface area contributed by atoms with Crippen LogP contribution in [0.1, 0.15) is 16.0 Å². The van der Waals surface area contributed by atoms with Gasteiger partial charge in [-0.1, -0.05) is 58.4 Å². The van der Waals surface area contributed by atoms with Crippen LogP contribution in [0.3, 0.4) is 0 Å². The van der Waals surface area contributed by atoms with E-state index in [0.29, 0.717) is 0 Å². The second-order valence-corrected chi connectivity index (χ2v) is 4.24. The molecule has 76 valence electrons. The standard InChI is InChI=1S/C13H10BrF/c14-13(10-4-2-1-3-5-10)11-6-8-12(15)9-7-11/h1-9,13H/t13-/m1/s1. The van der Waals surface area contributed by atoms with Gasteiger partial charge in [0.1, 0.15) is 5.82 Å². The number of halogens is 2. The molecule has 2 heteroatoms. The molecule has 2 aromatic carbocycles. The molecular weight excluding hydrogens is 255 g/mol. The van der Waals surface area contributed by atoms with Crippen LogP contribution in [0.25, 0.3) is 0 Å². The first-order valence-electron chi connectivity index (χ1n) is 4.72. The maximum Gasteiger partial charge on any atom is 0.123 e. The van der Waals surface area contributed by atoms with Gasteiger partial charge in [-0.3, -0.25) is 0 Å². The monoisotopic (exact) mass is 264 g/mol. The molecule has 0 bridgehead atoms. The van der Waals surface area contributed by atoms with Crippen molar-refractivity contribution in [3.05, 3.63) is 71.5 Å². The molecule has 0 spiro atoms. The lowest BCUT2D eigenvalue weighted by Gasteiger charge is -2.10. The van der Waals surface area contributed by atoms with Crippen LogP contribution in [-0.2, 0) is 0 Å². The predicted octanol–water partition coefficient (Wildman–Crippen LogP) is 4.31. The van der Waals surface area contributed by atoms with Crippen molar-refractivity contribution in [2.75, 3.05) is 0 Å². The van der Waals surface area contributed by atoms with Crippen molar-refractivity contribution in [3.63, 3.8) is 0 Å². The van der Waals surface area contributed by atoms with Gasteiger partial charge in [0.2, 0.25) is 0 Å². The summed E-state index contributed by atoms with van der Waals surface area (Å²) in [6, 6.07) is 16.6. The van der Waals surface area contributed by atoms with Gasteiger partial charge in [-0.15, -0.1) is 0 Å². The molecule has 0 N–H and O–H groups in total. The van der Waals surface area contributed by atoms with E-state index in [1.165, 1.54) is 17.7 Å². The Balaban J connectivity index is 2.29. The first-order valence-corrected chi connectivity index (χ1v) is 5.63. The van der Waals surface area contributed by atoms with Crippen molar-refractivity contribution in [2.24, 2.45) is 0 Å². The van der Waals surface area contributed by atoms with E-state index < -0.39 is 0 Å². The molecule has 0 amide bonds. The fraction of sp³-hybridized carbons (Fsp3) is 0.0769. The maximum atomic E-state index is 12.7. The third kappa shape index (κ3) is 2.45. The number of alkyl halides is 1. The second-order valence-electron chi connectivity index (χ2n) is 3.32. The maximum absolute atomic E-state index is 12.7. The Morgan fingerprint density at radius 1 is 0.800 bits per heavy atom. The third-order valence-electron chi connectivity index (χ3n) is 2.25. The second kappa shape index (κ2) is 4.58. The number of rotatable bonds is 2. The third-order valence-corrected chi connectivity index (χ3v) is 3.31. The number of hydrogen-bond acceptors (Lipinski definition) is 0. The summed E-state index contributed by atoms with van der Waals surface area (Å²) in [4.78, 5) is 0.124. The van der Waals surface area contributed by atoms with Gasteiger partial charge in [-0.05, 0) is 23.3 Å². The first-order chi connectivity index (χ1) is 7.27. The zero-order valence-corrected chi connectivity index (χ0v) is 9.62. The smallest absolute Gasteiger partial charge is 0.123 e. The lowest BCUT2D eigenvalue weighted by atomic mass is 10.1. The number of hydrogen-bond donors (Lipinski definition) is 0. The fourth-order valence-electron chi connectivity index (χ4n) is 1.45. The van der Waals surface area contributed by atoms with Crippen LogP contribution in [-0.4, -0.2) is 0 Å². The van der Waals surface area contributed by atoms with Crippen LogP contribution in [0.15, 0.2) is 54.6 Å². The largest absolute Gasteiger partial charge is 0.207 e. The molecule has 0 radical (unpaired) electrons. The molecule has 15 heavy (non-hydrogen) atoms. The summed E-state index contributed by atoms with van der Waals surface area (Å²) in [5, 5.41) is 0. The van der Waals surface area contributed by atoms with Crippen molar-refractivity contribution in [1.82, 2.24) is 0 Å². The van der Waals surface area contributed by atoms with Crippen LogP contribution in [0, 0.1) is 5.82 Å². The highest BCUT2D eigenvalue weighted by atomic mass is 79.9. The SMILES string of the molecule is Fc1ccc([C@H](Br)c2ccccc2)cc1. The van der Waals surface area contributed by atoms with E-state index in [4.69, 9.17) is 0 Å². The van der Waals surface area contributed by atoms with Gasteiger partial charge in [0, 0.05) is 0 Å². The van der Waals surface area contributed by atoms with E-state index in [-0.39, 0.29) is 10.6 Å². The van der Waals surface area contributed by atoms with Crippen molar-refractivity contribution in [1.29, 1.82) is 0 Å². The van der Waals surface area contributed by atoms with E-state index >= 15 is 0 Å². The molecule has 0 nitrogen and oxygen atoms in total. The number of benzene rings is 2. The first kappa shape index (κ1) is 10.4. The van der Waals surface area contributed by atoms with E-state index in [1.54, 1.807) is 12.1 Å². The molecule has 2 aromatic rings. The van der Waals surface area contributed by atoms with Crippen LogP contribution in [0.5, 0.6) is 0 Å². The summed E-state index contributed by atoms with van der Waals surface area (Å²) in [5.74, 6) is -0.202. The van der Waals surface area contributed by atoms with Crippen molar-refractivity contribution >= 4 is 15.9 Å². The van der Waals surface area contributed by atoms with Crippen molar-refractivity contribution in [2.45, 2.75) is 4.83 Å². The van der Waals surface area contributed by atoms with E-state index in [9.17, 15) is 4.39 Å². The van der Waals surface area contributed by atoms with Crippen molar-refractivity contribution < 1.29 is 4.39 Å².